The van der Waals surface area contributed by atoms with Gasteiger partial charge in [-0.25, -0.2) is 0 Å². The Hall–Kier alpha value is -2.09. The first kappa shape index (κ1) is 10.4. The summed E-state index contributed by atoms with van der Waals surface area (Å²) >= 11 is 0. The van der Waals surface area contributed by atoms with E-state index in [-0.39, 0.29) is 0 Å². The molecule has 80 valence electrons. The van der Waals surface area contributed by atoms with Gasteiger partial charge < -0.3 is 11.1 Å². The largest absolute Gasteiger partial charge is 0.398 e. The average molecular weight is 210 g/mol. The van der Waals surface area contributed by atoms with Crippen molar-refractivity contribution in [2.45, 2.75) is 6.42 Å². The first-order chi connectivity index (χ1) is 7.79. The van der Waals surface area contributed by atoms with E-state index in [1.807, 2.05) is 36.4 Å². The van der Waals surface area contributed by atoms with Crippen LogP contribution < -0.4 is 5.73 Å². The van der Waals surface area contributed by atoms with E-state index in [9.17, 15) is 0 Å². The molecule has 0 aromatic heterocycles. The summed E-state index contributed by atoms with van der Waals surface area (Å²) in [5, 5.41) is 7.26. The Labute approximate surface area is 95.2 Å². The van der Waals surface area contributed by atoms with Crippen LogP contribution in [-0.2, 0) is 6.42 Å². The van der Waals surface area contributed by atoms with E-state index < -0.39 is 0 Å². The fourth-order valence-corrected chi connectivity index (χ4v) is 1.69. The van der Waals surface area contributed by atoms with E-state index in [1.165, 1.54) is 17.3 Å². The van der Waals surface area contributed by atoms with Gasteiger partial charge in [0.15, 0.2) is 0 Å². The fraction of sp³-hybridized carbons (Fsp3) is 0.0714. The number of nitrogens with two attached hydrogens (primary N) is 1. The number of hydrogen-bond donors (Lipinski definition) is 2. The molecule has 0 saturated heterocycles. The van der Waals surface area contributed by atoms with Gasteiger partial charge in [0, 0.05) is 17.5 Å². The third-order valence-corrected chi connectivity index (χ3v) is 2.56. The summed E-state index contributed by atoms with van der Waals surface area (Å²) in [5.74, 6) is 0. The third-order valence-electron chi connectivity index (χ3n) is 2.56. The molecule has 0 saturated carbocycles. The van der Waals surface area contributed by atoms with Crippen molar-refractivity contribution in [2.24, 2.45) is 0 Å². The molecular formula is C14H14N2. The van der Waals surface area contributed by atoms with Gasteiger partial charge in [-0.05, 0) is 29.7 Å². The summed E-state index contributed by atoms with van der Waals surface area (Å²) in [7, 11) is 0. The molecule has 0 unspecified atom stereocenters. The molecule has 2 aromatic carbocycles. The van der Waals surface area contributed by atoms with Crippen LogP contribution in [-0.4, -0.2) is 6.21 Å². The lowest BCUT2D eigenvalue weighted by Gasteiger charge is -2.05. The van der Waals surface area contributed by atoms with Crippen LogP contribution in [0, 0.1) is 5.41 Å². The highest BCUT2D eigenvalue weighted by Crippen LogP contribution is 2.15. The van der Waals surface area contributed by atoms with Crippen LogP contribution in [0.3, 0.4) is 0 Å². The molecule has 0 spiro atoms. The van der Waals surface area contributed by atoms with Crippen LogP contribution in [0.4, 0.5) is 5.69 Å². The summed E-state index contributed by atoms with van der Waals surface area (Å²) in [4.78, 5) is 0. The van der Waals surface area contributed by atoms with Gasteiger partial charge in [-0.2, -0.15) is 0 Å². The van der Waals surface area contributed by atoms with Crippen molar-refractivity contribution in [1.82, 2.24) is 0 Å². The van der Waals surface area contributed by atoms with Crippen LogP contribution in [0.1, 0.15) is 16.7 Å². The average Bonchev–Trinajstić information content (AvgIpc) is 2.33. The molecule has 2 heteroatoms. The molecule has 0 radical (unpaired) electrons. The monoisotopic (exact) mass is 210 g/mol. The Balaban J connectivity index is 2.26. The minimum atomic E-state index is 0.659. The van der Waals surface area contributed by atoms with Crippen LogP contribution >= 0.6 is 0 Å². The van der Waals surface area contributed by atoms with Gasteiger partial charge in [-0.15, -0.1) is 0 Å². The lowest BCUT2D eigenvalue weighted by molar-refractivity contribution is 1.19. The molecule has 0 atom stereocenters. The molecule has 0 amide bonds. The molecule has 0 bridgehead atoms. The molecule has 2 aromatic rings. The Bertz CT molecular complexity index is 489. The second kappa shape index (κ2) is 4.62. The molecule has 0 heterocycles. The number of rotatable bonds is 3. The molecule has 0 aliphatic carbocycles. The third kappa shape index (κ3) is 2.28. The van der Waals surface area contributed by atoms with E-state index in [4.69, 9.17) is 11.1 Å². The van der Waals surface area contributed by atoms with Gasteiger partial charge in [-0.1, -0.05) is 36.4 Å². The summed E-state index contributed by atoms with van der Waals surface area (Å²) in [6, 6.07) is 16.1. The van der Waals surface area contributed by atoms with Crippen LogP contribution in [0.15, 0.2) is 48.5 Å². The smallest absolute Gasteiger partial charge is 0.0403 e. The van der Waals surface area contributed by atoms with Crippen molar-refractivity contribution < 1.29 is 0 Å². The quantitative estimate of drug-likeness (QED) is 0.594. The first-order valence-corrected chi connectivity index (χ1v) is 5.22. The maximum absolute atomic E-state index is 7.26. The standard InChI is InChI=1S/C14H14N2/c15-10-13-9-12(6-7-14(13)16)8-11-4-2-1-3-5-11/h1-7,9-10,15H,8,16H2. The van der Waals surface area contributed by atoms with E-state index in [1.54, 1.807) is 0 Å². The SMILES string of the molecule is N=Cc1cc(Cc2ccccc2)ccc1N. The predicted octanol–water partition coefficient (Wildman–Crippen LogP) is 2.86. The summed E-state index contributed by atoms with van der Waals surface area (Å²) in [5.41, 5.74) is 9.63. The van der Waals surface area contributed by atoms with Crippen molar-refractivity contribution in [2.75, 3.05) is 5.73 Å². The van der Waals surface area contributed by atoms with Crippen LogP contribution in [0.2, 0.25) is 0 Å². The Morgan fingerprint density at radius 1 is 1.00 bits per heavy atom. The zero-order valence-corrected chi connectivity index (χ0v) is 8.98. The maximum atomic E-state index is 7.26. The second-order valence-electron chi connectivity index (χ2n) is 3.77. The first-order valence-electron chi connectivity index (χ1n) is 5.22. The van der Waals surface area contributed by atoms with Crippen molar-refractivity contribution in [1.29, 1.82) is 5.41 Å². The molecule has 2 rings (SSSR count). The van der Waals surface area contributed by atoms with Gasteiger partial charge in [0.1, 0.15) is 0 Å². The second-order valence-corrected chi connectivity index (χ2v) is 3.77. The van der Waals surface area contributed by atoms with E-state index in [0.717, 1.165) is 12.0 Å². The van der Waals surface area contributed by atoms with Crippen LogP contribution in [0.25, 0.3) is 0 Å². The highest BCUT2D eigenvalue weighted by molar-refractivity contribution is 5.85. The van der Waals surface area contributed by atoms with Gasteiger partial charge >= 0.3 is 0 Å². The van der Waals surface area contributed by atoms with E-state index >= 15 is 0 Å². The van der Waals surface area contributed by atoms with Gasteiger partial charge in [0.05, 0.1) is 0 Å². The number of nitrogens with one attached hydrogen (secondary N) is 1. The Morgan fingerprint density at radius 2 is 1.75 bits per heavy atom. The fourth-order valence-electron chi connectivity index (χ4n) is 1.69. The minimum Gasteiger partial charge on any atom is -0.398 e. The molecule has 16 heavy (non-hydrogen) atoms. The van der Waals surface area contributed by atoms with Crippen LogP contribution in [0.5, 0.6) is 0 Å². The summed E-state index contributed by atoms with van der Waals surface area (Å²) in [6.07, 6.45) is 2.17. The number of hydrogen-bond acceptors (Lipinski definition) is 2. The Kier molecular flexibility index (Phi) is 3.01. The number of nitrogen functional groups attached to an aromatic ring is 1. The molecular weight excluding hydrogens is 196 g/mol. The highest BCUT2D eigenvalue weighted by Gasteiger charge is 1.99. The molecule has 0 fully saturated rings. The zero-order chi connectivity index (χ0) is 11.4. The van der Waals surface area contributed by atoms with Crippen molar-refractivity contribution in [3.63, 3.8) is 0 Å². The molecule has 2 nitrogen and oxygen atoms in total. The Morgan fingerprint density at radius 3 is 2.44 bits per heavy atom. The maximum Gasteiger partial charge on any atom is 0.0403 e. The zero-order valence-electron chi connectivity index (χ0n) is 8.98. The molecule has 0 aliphatic heterocycles. The highest BCUT2D eigenvalue weighted by atomic mass is 14.6. The summed E-state index contributed by atoms with van der Waals surface area (Å²) < 4.78 is 0. The van der Waals surface area contributed by atoms with Crippen molar-refractivity contribution in [3.8, 4) is 0 Å². The van der Waals surface area contributed by atoms with Crippen molar-refractivity contribution in [3.05, 3.63) is 65.2 Å². The number of anilines is 1. The molecule has 0 aliphatic rings. The van der Waals surface area contributed by atoms with E-state index in [0.29, 0.717) is 5.69 Å². The van der Waals surface area contributed by atoms with Gasteiger partial charge in [0.2, 0.25) is 0 Å². The van der Waals surface area contributed by atoms with Gasteiger partial charge in [-0.3, -0.25) is 0 Å². The normalized spacial score (nSPS) is 10.0. The number of benzene rings is 2. The van der Waals surface area contributed by atoms with Crippen molar-refractivity contribution >= 4 is 11.9 Å². The lowest BCUT2D eigenvalue weighted by atomic mass is 10.0. The predicted molar refractivity (Wildman–Crippen MR) is 68.0 cm³/mol. The van der Waals surface area contributed by atoms with Gasteiger partial charge in [0.25, 0.3) is 0 Å². The lowest BCUT2D eigenvalue weighted by Crippen LogP contribution is -1.95. The topological polar surface area (TPSA) is 49.9 Å². The minimum absolute atomic E-state index is 0.659. The van der Waals surface area contributed by atoms with E-state index in [2.05, 4.69) is 12.1 Å². The molecule has 3 N–H and O–H groups in total. The summed E-state index contributed by atoms with van der Waals surface area (Å²) in [6.45, 7) is 0.